The zero-order valence-corrected chi connectivity index (χ0v) is 7.34. The Morgan fingerprint density at radius 3 is 2.33 bits per heavy atom. The highest BCUT2D eigenvalue weighted by Gasteiger charge is 2.03. The second kappa shape index (κ2) is 3.98. The summed E-state index contributed by atoms with van der Waals surface area (Å²) in [6, 6.07) is 6.19. The van der Waals surface area contributed by atoms with Gasteiger partial charge in [0.05, 0.1) is 15.0 Å². The first-order valence-corrected chi connectivity index (χ1v) is 3.71. The first-order chi connectivity index (χ1) is 5.77. The zero-order chi connectivity index (χ0) is 8.97. The molecule has 0 heterocycles. The van der Waals surface area contributed by atoms with E-state index in [2.05, 4.69) is 4.52 Å². The molecule has 0 bridgehead atoms. The summed E-state index contributed by atoms with van der Waals surface area (Å²) in [7, 11) is 1.87. The molecule has 0 spiro atoms. The van der Waals surface area contributed by atoms with Crippen molar-refractivity contribution in [1.82, 2.24) is 0 Å². The van der Waals surface area contributed by atoms with E-state index in [1.807, 2.05) is 9.47 Å². The van der Waals surface area contributed by atoms with Gasteiger partial charge in [-0.2, -0.15) is 0 Å². The minimum Gasteiger partial charge on any atom is -0.448 e. The molecule has 0 amide bonds. The first kappa shape index (κ1) is 8.88. The highest BCUT2D eigenvalue weighted by atomic mass is 31.0. The average molecular weight is 182 g/mol. The van der Waals surface area contributed by atoms with E-state index >= 15 is 0 Å². The van der Waals surface area contributed by atoms with Crippen LogP contribution in [0.5, 0.6) is 0 Å². The lowest BCUT2D eigenvalue weighted by atomic mass is 10.1. The van der Waals surface area contributed by atoms with Crippen LogP contribution in [0.3, 0.4) is 0 Å². The van der Waals surface area contributed by atoms with Crippen molar-refractivity contribution in [1.29, 1.82) is 0 Å². The normalized spacial score (nSPS) is 9.08. The molecular formula is C8H7O3P. The third kappa shape index (κ3) is 1.89. The molecule has 0 aliphatic rings. The third-order valence-electron chi connectivity index (χ3n) is 1.39. The number of carbonyl (C=O) groups excluding carboxylic acids is 2. The highest BCUT2D eigenvalue weighted by Crippen LogP contribution is 2.05. The van der Waals surface area contributed by atoms with Crippen molar-refractivity contribution < 1.29 is 14.1 Å². The third-order valence-corrected chi connectivity index (χ3v) is 1.60. The quantitative estimate of drug-likeness (QED) is 0.513. The van der Waals surface area contributed by atoms with E-state index in [4.69, 9.17) is 0 Å². The molecule has 3 nitrogen and oxygen atoms in total. The van der Waals surface area contributed by atoms with Gasteiger partial charge in [-0.05, 0) is 12.1 Å². The van der Waals surface area contributed by atoms with Gasteiger partial charge >= 0.3 is 5.97 Å². The summed E-state index contributed by atoms with van der Waals surface area (Å²) in [5.41, 5.74) is 0.964. The van der Waals surface area contributed by atoms with Crippen LogP contribution in [-0.4, -0.2) is 12.3 Å². The summed E-state index contributed by atoms with van der Waals surface area (Å²) in [5.74, 6) is -0.433. The molecule has 1 rings (SSSR count). The number of benzene rings is 1. The topological polar surface area (TPSA) is 43.4 Å². The van der Waals surface area contributed by atoms with Crippen molar-refractivity contribution >= 4 is 21.7 Å². The van der Waals surface area contributed by atoms with Gasteiger partial charge in [-0.15, -0.1) is 0 Å². The molecule has 0 saturated heterocycles. The lowest BCUT2D eigenvalue weighted by molar-refractivity contribution is 0.0765. The fourth-order valence-corrected chi connectivity index (χ4v) is 0.902. The van der Waals surface area contributed by atoms with Crippen LogP contribution in [0.25, 0.3) is 0 Å². The molecule has 1 unspecified atom stereocenters. The predicted molar refractivity (Wildman–Crippen MR) is 47.0 cm³/mol. The lowest BCUT2D eigenvalue weighted by Crippen LogP contribution is -1.97. The Morgan fingerprint density at radius 1 is 1.33 bits per heavy atom. The predicted octanol–water partition coefficient (Wildman–Crippen LogP) is 1.45. The number of hydrogen-bond donors (Lipinski definition) is 0. The number of carbonyl (C=O) groups is 2. The number of aldehydes is 1. The van der Waals surface area contributed by atoms with E-state index in [0.717, 1.165) is 6.29 Å². The van der Waals surface area contributed by atoms with E-state index in [1.54, 1.807) is 12.1 Å². The van der Waals surface area contributed by atoms with Gasteiger partial charge in [0, 0.05) is 5.56 Å². The molecule has 1 atom stereocenters. The minimum absolute atomic E-state index is 0.426. The van der Waals surface area contributed by atoms with Crippen LogP contribution in [0.4, 0.5) is 0 Å². The Hall–Kier alpha value is -1.21. The molecule has 0 fully saturated rings. The van der Waals surface area contributed by atoms with Gasteiger partial charge in [-0.3, -0.25) is 4.79 Å². The number of rotatable bonds is 2. The van der Waals surface area contributed by atoms with Crippen molar-refractivity contribution in [3.63, 3.8) is 0 Å². The van der Waals surface area contributed by atoms with Crippen molar-refractivity contribution in [3.05, 3.63) is 35.4 Å². The first-order valence-electron chi connectivity index (χ1n) is 3.24. The van der Waals surface area contributed by atoms with Gasteiger partial charge in [-0.1, -0.05) is 12.1 Å². The molecule has 0 saturated carbocycles. The van der Waals surface area contributed by atoms with Gasteiger partial charge in [0.15, 0.2) is 0 Å². The molecule has 0 aliphatic heterocycles. The van der Waals surface area contributed by atoms with E-state index < -0.39 is 5.97 Å². The van der Waals surface area contributed by atoms with E-state index in [0.29, 0.717) is 11.1 Å². The van der Waals surface area contributed by atoms with Crippen LogP contribution in [0.2, 0.25) is 0 Å². The summed E-state index contributed by atoms with van der Waals surface area (Å²) in [6.45, 7) is 0. The summed E-state index contributed by atoms with van der Waals surface area (Å²) in [4.78, 5) is 21.1. The molecule has 0 radical (unpaired) electrons. The van der Waals surface area contributed by atoms with Crippen molar-refractivity contribution in [2.75, 3.05) is 0 Å². The monoisotopic (exact) mass is 182 g/mol. The SMILES string of the molecule is O=Cc1ccc(C(=O)OP)cc1. The van der Waals surface area contributed by atoms with Crippen molar-refractivity contribution in [3.8, 4) is 0 Å². The van der Waals surface area contributed by atoms with E-state index in [-0.39, 0.29) is 0 Å². The summed E-state index contributed by atoms with van der Waals surface area (Å²) in [6.07, 6.45) is 0.718. The van der Waals surface area contributed by atoms with E-state index in [1.165, 1.54) is 12.1 Å². The Balaban J connectivity index is 2.91. The summed E-state index contributed by atoms with van der Waals surface area (Å²) in [5, 5.41) is 0. The molecule has 62 valence electrons. The van der Waals surface area contributed by atoms with Gasteiger partial charge in [0.2, 0.25) is 0 Å². The van der Waals surface area contributed by atoms with Crippen molar-refractivity contribution in [2.45, 2.75) is 0 Å². The summed E-state index contributed by atoms with van der Waals surface area (Å²) < 4.78 is 4.40. The van der Waals surface area contributed by atoms with Gasteiger partial charge in [0.1, 0.15) is 6.29 Å². The van der Waals surface area contributed by atoms with Crippen LogP contribution in [0.15, 0.2) is 24.3 Å². The second-order valence-electron chi connectivity index (χ2n) is 2.15. The van der Waals surface area contributed by atoms with Crippen molar-refractivity contribution in [2.24, 2.45) is 0 Å². The largest absolute Gasteiger partial charge is 0.448 e. The molecule has 1 aromatic rings. The smallest absolute Gasteiger partial charge is 0.340 e. The fourth-order valence-electron chi connectivity index (χ4n) is 0.766. The lowest BCUT2D eigenvalue weighted by Gasteiger charge is -1.97. The van der Waals surface area contributed by atoms with Crippen LogP contribution in [0.1, 0.15) is 20.7 Å². The molecule has 0 N–H and O–H groups in total. The Labute approximate surface area is 72.0 Å². The second-order valence-corrected chi connectivity index (χ2v) is 2.38. The molecule has 12 heavy (non-hydrogen) atoms. The average Bonchev–Trinajstić information content (AvgIpc) is 2.17. The van der Waals surface area contributed by atoms with Gasteiger partial charge in [-0.25, -0.2) is 4.79 Å². The molecule has 1 aromatic carbocycles. The minimum atomic E-state index is -0.433. The maximum Gasteiger partial charge on any atom is 0.340 e. The maximum atomic E-state index is 10.9. The standard InChI is InChI=1S/C8H7O3P/c9-5-6-1-3-7(4-2-6)8(10)11-12/h1-5H,12H2. The Kier molecular flexibility index (Phi) is 2.94. The van der Waals surface area contributed by atoms with E-state index in [9.17, 15) is 9.59 Å². The van der Waals surface area contributed by atoms with Crippen LogP contribution < -0.4 is 0 Å². The van der Waals surface area contributed by atoms with Gasteiger partial charge < -0.3 is 4.52 Å². The molecule has 0 aromatic heterocycles. The Bertz CT molecular complexity index is 292. The van der Waals surface area contributed by atoms with Crippen LogP contribution >= 0.6 is 9.47 Å². The maximum absolute atomic E-state index is 10.9. The number of hydrogen-bond acceptors (Lipinski definition) is 3. The molecule has 0 aliphatic carbocycles. The fraction of sp³-hybridized carbons (Fsp3) is 0. The molecular weight excluding hydrogens is 175 g/mol. The van der Waals surface area contributed by atoms with Crippen LogP contribution in [-0.2, 0) is 4.52 Å². The van der Waals surface area contributed by atoms with Crippen LogP contribution in [0, 0.1) is 0 Å². The zero-order valence-electron chi connectivity index (χ0n) is 6.19. The van der Waals surface area contributed by atoms with Gasteiger partial charge in [0.25, 0.3) is 0 Å². The molecule has 4 heteroatoms. The highest BCUT2D eigenvalue weighted by molar-refractivity contribution is 7.10. The Morgan fingerprint density at radius 2 is 1.92 bits per heavy atom. The summed E-state index contributed by atoms with van der Waals surface area (Å²) >= 11 is 0.